The quantitative estimate of drug-likeness (QED) is 0.860. The van der Waals surface area contributed by atoms with Crippen molar-refractivity contribution >= 4 is 0 Å². The van der Waals surface area contributed by atoms with Gasteiger partial charge in [-0.05, 0) is 48.4 Å². The van der Waals surface area contributed by atoms with Crippen molar-refractivity contribution in [1.29, 1.82) is 0 Å². The van der Waals surface area contributed by atoms with Crippen molar-refractivity contribution in [3.8, 4) is 5.75 Å². The molecule has 0 amide bonds. The number of ether oxygens (including phenoxy) is 1. The number of rotatable bonds is 4. The molecule has 1 aliphatic rings. The Kier molecular flexibility index (Phi) is 3.93. The van der Waals surface area contributed by atoms with Crippen molar-refractivity contribution in [2.45, 2.75) is 39.2 Å². The molecule has 1 aliphatic heterocycles. The average Bonchev–Trinajstić information content (AvgIpc) is 2.37. The third-order valence-corrected chi connectivity index (χ3v) is 3.92. The van der Waals surface area contributed by atoms with Gasteiger partial charge in [-0.25, -0.2) is 0 Å². The summed E-state index contributed by atoms with van der Waals surface area (Å²) < 4.78 is 5.63. The van der Waals surface area contributed by atoms with Crippen molar-refractivity contribution < 1.29 is 4.74 Å². The highest BCUT2D eigenvalue weighted by atomic mass is 16.5. The molecule has 0 radical (unpaired) electrons. The van der Waals surface area contributed by atoms with Crippen LogP contribution < -0.4 is 16.2 Å². The molecule has 0 spiro atoms. The number of aryl methyl sites for hydroxylation is 1. The molecule has 1 atom stereocenters. The lowest BCUT2D eigenvalue weighted by Gasteiger charge is -2.32. The Labute approximate surface area is 110 Å². The second-order valence-electron chi connectivity index (χ2n) is 5.82. The second-order valence-corrected chi connectivity index (χ2v) is 5.82. The third kappa shape index (κ3) is 2.68. The SMILES string of the molecule is CC(C)(CCN)C(N)c1ccc2c(c1)CCCO2. The maximum absolute atomic E-state index is 6.40. The molecule has 4 N–H and O–H groups in total. The second kappa shape index (κ2) is 5.29. The molecule has 0 fully saturated rings. The lowest BCUT2D eigenvalue weighted by atomic mass is 9.78. The number of benzene rings is 1. The molecule has 0 aromatic heterocycles. The van der Waals surface area contributed by atoms with Crippen LogP contribution in [0.3, 0.4) is 0 Å². The van der Waals surface area contributed by atoms with Gasteiger partial charge in [0.2, 0.25) is 0 Å². The molecule has 1 aromatic carbocycles. The molecule has 1 unspecified atom stereocenters. The lowest BCUT2D eigenvalue weighted by Crippen LogP contribution is -2.31. The highest BCUT2D eigenvalue weighted by molar-refractivity contribution is 5.40. The summed E-state index contributed by atoms with van der Waals surface area (Å²) in [5, 5.41) is 0. The summed E-state index contributed by atoms with van der Waals surface area (Å²) in [5.41, 5.74) is 14.6. The van der Waals surface area contributed by atoms with Gasteiger partial charge in [-0.2, -0.15) is 0 Å². The van der Waals surface area contributed by atoms with Crippen LogP contribution in [0.5, 0.6) is 5.75 Å². The topological polar surface area (TPSA) is 61.3 Å². The van der Waals surface area contributed by atoms with Crippen LogP contribution in [-0.2, 0) is 6.42 Å². The summed E-state index contributed by atoms with van der Waals surface area (Å²) in [4.78, 5) is 0. The Hall–Kier alpha value is -1.06. The first-order chi connectivity index (χ1) is 8.54. The van der Waals surface area contributed by atoms with E-state index in [4.69, 9.17) is 16.2 Å². The van der Waals surface area contributed by atoms with E-state index in [1.54, 1.807) is 0 Å². The minimum absolute atomic E-state index is 0.0216. The fourth-order valence-corrected chi connectivity index (χ4v) is 2.55. The Bertz CT molecular complexity index is 415. The first-order valence-electron chi connectivity index (χ1n) is 6.76. The van der Waals surface area contributed by atoms with E-state index < -0.39 is 0 Å². The zero-order chi connectivity index (χ0) is 13.2. The number of hydrogen-bond donors (Lipinski definition) is 2. The van der Waals surface area contributed by atoms with Crippen LogP contribution >= 0.6 is 0 Å². The Morgan fingerprint density at radius 3 is 2.89 bits per heavy atom. The predicted molar refractivity (Wildman–Crippen MR) is 74.6 cm³/mol. The van der Waals surface area contributed by atoms with Crippen molar-refractivity contribution in [2.75, 3.05) is 13.2 Å². The number of hydrogen-bond acceptors (Lipinski definition) is 3. The fraction of sp³-hybridized carbons (Fsp3) is 0.600. The third-order valence-electron chi connectivity index (χ3n) is 3.92. The molecule has 0 aliphatic carbocycles. The minimum Gasteiger partial charge on any atom is -0.493 e. The normalized spacial score (nSPS) is 16.9. The van der Waals surface area contributed by atoms with Crippen LogP contribution in [0.2, 0.25) is 0 Å². The summed E-state index contributed by atoms with van der Waals surface area (Å²) in [6.07, 6.45) is 3.12. The van der Waals surface area contributed by atoms with E-state index in [2.05, 4.69) is 32.0 Å². The predicted octanol–water partition coefficient (Wildman–Crippen LogP) is 2.39. The van der Waals surface area contributed by atoms with E-state index in [0.29, 0.717) is 6.54 Å². The van der Waals surface area contributed by atoms with Gasteiger partial charge in [0.25, 0.3) is 0 Å². The molecule has 18 heavy (non-hydrogen) atoms. The first kappa shape index (κ1) is 13.4. The minimum atomic E-state index is 0.0216. The molecule has 0 bridgehead atoms. The smallest absolute Gasteiger partial charge is 0.122 e. The van der Waals surface area contributed by atoms with E-state index in [1.165, 1.54) is 11.1 Å². The molecule has 2 rings (SSSR count). The molecule has 0 saturated heterocycles. The van der Waals surface area contributed by atoms with Crippen LogP contribution in [0.1, 0.15) is 43.9 Å². The van der Waals surface area contributed by atoms with E-state index in [0.717, 1.165) is 31.6 Å². The van der Waals surface area contributed by atoms with Crippen molar-refractivity contribution in [3.63, 3.8) is 0 Å². The highest BCUT2D eigenvalue weighted by Crippen LogP contribution is 2.36. The first-order valence-corrected chi connectivity index (χ1v) is 6.76. The molecule has 1 heterocycles. The van der Waals surface area contributed by atoms with E-state index >= 15 is 0 Å². The molecule has 3 nitrogen and oxygen atoms in total. The van der Waals surface area contributed by atoms with E-state index in [9.17, 15) is 0 Å². The van der Waals surface area contributed by atoms with Gasteiger partial charge >= 0.3 is 0 Å². The van der Waals surface area contributed by atoms with Gasteiger partial charge in [0.05, 0.1) is 6.61 Å². The van der Waals surface area contributed by atoms with Gasteiger partial charge < -0.3 is 16.2 Å². The summed E-state index contributed by atoms with van der Waals surface area (Å²) in [6.45, 7) is 5.87. The van der Waals surface area contributed by atoms with Gasteiger partial charge in [0.1, 0.15) is 5.75 Å². The number of nitrogens with two attached hydrogens (primary N) is 2. The zero-order valence-corrected chi connectivity index (χ0v) is 11.4. The van der Waals surface area contributed by atoms with E-state index in [1.807, 2.05) is 0 Å². The fourth-order valence-electron chi connectivity index (χ4n) is 2.55. The monoisotopic (exact) mass is 248 g/mol. The zero-order valence-electron chi connectivity index (χ0n) is 11.4. The van der Waals surface area contributed by atoms with Crippen LogP contribution in [0, 0.1) is 5.41 Å². The maximum atomic E-state index is 6.40. The average molecular weight is 248 g/mol. The van der Waals surface area contributed by atoms with Gasteiger partial charge in [-0.1, -0.05) is 26.0 Å². The standard InChI is InChI=1S/C15H24N2O/c1-15(2,7-8-16)14(17)12-5-6-13-11(10-12)4-3-9-18-13/h5-6,10,14H,3-4,7-9,16-17H2,1-2H3. The van der Waals surface area contributed by atoms with Crippen molar-refractivity contribution in [2.24, 2.45) is 16.9 Å². The van der Waals surface area contributed by atoms with E-state index in [-0.39, 0.29) is 11.5 Å². The van der Waals surface area contributed by atoms with Crippen LogP contribution in [0.15, 0.2) is 18.2 Å². The lowest BCUT2D eigenvalue weighted by molar-refractivity contribution is 0.268. The summed E-state index contributed by atoms with van der Waals surface area (Å²) in [5.74, 6) is 1.02. The summed E-state index contributed by atoms with van der Waals surface area (Å²) >= 11 is 0. The van der Waals surface area contributed by atoms with Gasteiger partial charge in [0.15, 0.2) is 0 Å². The largest absolute Gasteiger partial charge is 0.493 e. The van der Waals surface area contributed by atoms with Crippen molar-refractivity contribution in [3.05, 3.63) is 29.3 Å². The Morgan fingerprint density at radius 1 is 1.39 bits per heavy atom. The Morgan fingerprint density at radius 2 is 2.17 bits per heavy atom. The highest BCUT2D eigenvalue weighted by Gasteiger charge is 2.27. The Balaban J connectivity index is 2.23. The molecule has 1 aromatic rings. The number of fused-ring (bicyclic) bond motifs is 1. The molecular formula is C15H24N2O. The van der Waals surface area contributed by atoms with Crippen LogP contribution in [-0.4, -0.2) is 13.2 Å². The van der Waals surface area contributed by atoms with Crippen molar-refractivity contribution in [1.82, 2.24) is 0 Å². The molecule has 100 valence electrons. The summed E-state index contributed by atoms with van der Waals surface area (Å²) in [7, 11) is 0. The van der Waals surface area contributed by atoms with Gasteiger partial charge in [-0.15, -0.1) is 0 Å². The van der Waals surface area contributed by atoms with Crippen LogP contribution in [0.4, 0.5) is 0 Å². The summed E-state index contributed by atoms with van der Waals surface area (Å²) in [6, 6.07) is 6.38. The molecule has 3 heteroatoms. The molecule has 0 saturated carbocycles. The molecular weight excluding hydrogens is 224 g/mol. The maximum Gasteiger partial charge on any atom is 0.122 e. The van der Waals surface area contributed by atoms with Crippen LogP contribution in [0.25, 0.3) is 0 Å². The van der Waals surface area contributed by atoms with Gasteiger partial charge in [-0.3, -0.25) is 0 Å². The van der Waals surface area contributed by atoms with Gasteiger partial charge in [0, 0.05) is 6.04 Å².